The van der Waals surface area contributed by atoms with E-state index in [4.69, 9.17) is 5.11 Å². The third-order valence-electron chi connectivity index (χ3n) is 4.07. The summed E-state index contributed by atoms with van der Waals surface area (Å²) in [6.07, 6.45) is 2.22. The van der Waals surface area contributed by atoms with Crippen LogP contribution in [0.2, 0.25) is 0 Å². The highest BCUT2D eigenvalue weighted by Crippen LogP contribution is 2.29. The van der Waals surface area contributed by atoms with Crippen molar-refractivity contribution in [2.45, 2.75) is 25.3 Å². The second kappa shape index (κ2) is 6.62. The second-order valence-corrected chi connectivity index (χ2v) is 5.81. The van der Waals surface area contributed by atoms with E-state index in [9.17, 15) is 14.7 Å². The van der Waals surface area contributed by atoms with Gasteiger partial charge >= 0.3 is 5.97 Å². The van der Waals surface area contributed by atoms with E-state index in [-0.39, 0.29) is 17.2 Å². The first kappa shape index (κ1) is 15.9. The van der Waals surface area contributed by atoms with Crippen molar-refractivity contribution in [1.82, 2.24) is 0 Å². The average molecular weight is 326 g/mol. The number of nitrogens with one attached hydrogen (secondary N) is 2. The monoisotopic (exact) mass is 326 g/mol. The quantitative estimate of drug-likeness (QED) is 0.677. The lowest BCUT2D eigenvalue weighted by Crippen LogP contribution is -2.38. The summed E-state index contributed by atoms with van der Waals surface area (Å²) in [5.74, 6) is -0.880. The van der Waals surface area contributed by atoms with Crippen molar-refractivity contribution in [3.05, 3.63) is 53.6 Å². The van der Waals surface area contributed by atoms with Crippen LogP contribution < -0.4 is 10.6 Å². The van der Waals surface area contributed by atoms with Crippen molar-refractivity contribution in [1.29, 1.82) is 0 Å². The number of aromatic hydroxyl groups is 1. The first-order valence-electron chi connectivity index (χ1n) is 7.75. The second-order valence-electron chi connectivity index (χ2n) is 5.81. The first-order valence-corrected chi connectivity index (χ1v) is 7.75. The number of carbonyl (C=O) groups excluding carboxylic acids is 1. The van der Waals surface area contributed by atoms with Gasteiger partial charge in [-0.2, -0.15) is 0 Å². The molecule has 1 aliphatic heterocycles. The molecule has 0 aliphatic carbocycles. The lowest BCUT2D eigenvalue weighted by atomic mass is 10.0. The molecule has 124 valence electrons. The number of aryl methyl sites for hydroxylation is 1. The molecule has 0 saturated heterocycles. The molecule has 2 aromatic rings. The fourth-order valence-electron chi connectivity index (χ4n) is 2.75. The maximum Gasteiger partial charge on any atom is 0.335 e. The van der Waals surface area contributed by atoms with Gasteiger partial charge < -0.3 is 20.8 Å². The summed E-state index contributed by atoms with van der Waals surface area (Å²) in [6, 6.07) is 11.2. The number of carboxylic acids is 1. The summed E-state index contributed by atoms with van der Waals surface area (Å²) < 4.78 is 0. The topological polar surface area (TPSA) is 98.7 Å². The summed E-state index contributed by atoms with van der Waals surface area (Å²) in [4.78, 5) is 23.2. The summed E-state index contributed by atoms with van der Waals surface area (Å²) in [6.45, 7) is 0. The van der Waals surface area contributed by atoms with Crippen molar-refractivity contribution >= 4 is 23.3 Å². The largest absolute Gasteiger partial charge is 0.508 e. The number of phenolic OH excluding ortho intramolecular Hbond substituents is 1. The van der Waals surface area contributed by atoms with E-state index in [2.05, 4.69) is 10.6 Å². The Balaban J connectivity index is 1.62. The van der Waals surface area contributed by atoms with Crippen molar-refractivity contribution in [2.75, 3.05) is 10.6 Å². The molecule has 0 fully saturated rings. The molecular weight excluding hydrogens is 308 g/mol. The first-order chi connectivity index (χ1) is 11.5. The molecule has 2 aromatic carbocycles. The molecular formula is C18H18N2O4. The lowest BCUT2D eigenvalue weighted by Gasteiger charge is -2.27. The van der Waals surface area contributed by atoms with Gasteiger partial charge in [0.15, 0.2) is 0 Å². The Bertz CT molecular complexity index is 771. The van der Waals surface area contributed by atoms with E-state index >= 15 is 0 Å². The number of hydrogen-bond donors (Lipinski definition) is 4. The number of aromatic carboxylic acids is 1. The molecule has 24 heavy (non-hydrogen) atoms. The van der Waals surface area contributed by atoms with Crippen LogP contribution in [0, 0.1) is 0 Å². The third kappa shape index (κ3) is 3.48. The average Bonchev–Trinajstić information content (AvgIpc) is 2.56. The number of carboxylic acid groups (broad SMARTS) is 1. The van der Waals surface area contributed by atoms with E-state index < -0.39 is 12.0 Å². The Morgan fingerprint density at radius 1 is 1.08 bits per heavy atom. The highest BCUT2D eigenvalue weighted by molar-refractivity contribution is 6.04. The smallest absolute Gasteiger partial charge is 0.335 e. The molecule has 0 saturated carbocycles. The minimum absolute atomic E-state index is 0.115. The Hall–Kier alpha value is -3.02. The number of anilines is 2. The number of phenols is 1. The van der Waals surface area contributed by atoms with Crippen molar-refractivity contribution in [3.63, 3.8) is 0 Å². The fraction of sp³-hybridized carbons (Fsp3) is 0.222. The van der Waals surface area contributed by atoms with Crippen LogP contribution in [-0.2, 0) is 11.2 Å². The molecule has 4 N–H and O–H groups in total. The standard InChI is InChI=1S/C18H18N2O4/c21-13-7-4-11(5-8-13)2-1-3-15-17(22)20-14-9-6-12(18(23)24)10-16(14)19-15/h4-10,15,19,21H,1-3H2,(H,20,22)(H,23,24). The number of benzene rings is 2. The van der Waals surface area contributed by atoms with Crippen molar-refractivity contribution in [2.24, 2.45) is 0 Å². The normalized spacial score (nSPS) is 16.0. The molecule has 6 nitrogen and oxygen atoms in total. The molecule has 1 unspecified atom stereocenters. The zero-order valence-corrected chi connectivity index (χ0v) is 13.0. The van der Waals surface area contributed by atoms with Crippen LogP contribution in [0.1, 0.15) is 28.8 Å². The maximum absolute atomic E-state index is 12.1. The zero-order valence-electron chi connectivity index (χ0n) is 13.0. The van der Waals surface area contributed by atoms with Crippen LogP contribution in [-0.4, -0.2) is 28.1 Å². The lowest BCUT2D eigenvalue weighted by molar-refractivity contribution is -0.117. The Morgan fingerprint density at radius 2 is 1.83 bits per heavy atom. The number of amides is 1. The molecule has 1 atom stereocenters. The van der Waals surface area contributed by atoms with E-state index in [1.54, 1.807) is 18.2 Å². The molecule has 6 heteroatoms. The number of fused-ring (bicyclic) bond motifs is 1. The van der Waals surface area contributed by atoms with Gasteiger partial charge in [-0.15, -0.1) is 0 Å². The van der Waals surface area contributed by atoms with Crippen LogP contribution in [0.4, 0.5) is 11.4 Å². The van der Waals surface area contributed by atoms with Crippen LogP contribution in [0.5, 0.6) is 5.75 Å². The Kier molecular flexibility index (Phi) is 4.37. The van der Waals surface area contributed by atoms with Gasteiger partial charge in [-0.3, -0.25) is 4.79 Å². The van der Waals surface area contributed by atoms with Crippen LogP contribution in [0.25, 0.3) is 0 Å². The van der Waals surface area contributed by atoms with Crippen molar-refractivity contribution < 1.29 is 19.8 Å². The predicted molar refractivity (Wildman–Crippen MR) is 90.5 cm³/mol. The highest BCUT2D eigenvalue weighted by Gasteiger charge is 2.25. The fourth-order valence-corrected chi connectivity index (χ4v) is 2.75. The van der Waals surface area contributed by atoms with Gasteiger partial charge in [0.1, 0.15) is 11.8 Å². The summed E-state index contributed by atoms with van der Waals surface area (Å²) in [5.41, 5.74) is 2.50. The molecule has 0 aromatic heterocycles. The predicted octanol–water partition coefficient (Wildman–Crippen LogP) is 2.85. The number of hydrogen-bond acceptors (Lipinski definition) is 4. The van der Waals surface area contributed by atoms with Gasteiger partial charge in [-0.05, 0) is 55.2 Å². The van der Waals surface area contributed by atoms with E-state index in [1.165, 1.54) is 12.1 Å². The highest BCUT2D eigenvalue weighted by atomic mass is 16.4. The van der Waals surface area contributed by atoms with Gasteiger partial charge in [0, 0.05) is 0 Å². The van der Waals surface area contributed by atoms with E-state index in [0.717, 1.165) is 18.4 Å². The molecule has 1 heterocycles. The van der Waals surface area contributed by atoms with Crippen LogP contribution >= 0.6 is 0 Å². The van der Waals surface area contributed by atoms with Gasteiger partial charge in [-0.1, -0.05) is 12.1 Å². The molecule has 0 radical (unpaired) electrons. The Morgan fingerprint density at radius 3 is 2.54 bits per heavy atom. The summed E-state index contributed by atoms with van der Waals surface area (Å²) >= 11 is 0. The molecule has 0 spiro atoms. The van der Waals surface area contributed by atoms with Gasteiger partial charge in [0.05, 0.1) is 16.9 Å². The maximum atomic E-state index is 12.1. The molecule has 1 aliphatic rings. The third-order valence-corrected chi connectivity index (χ3v) is 4.07. The van der Waals surface area contributed by atoms with Gasteiger partial charge in [0.25, 0.3) is 0 Å². The minimum atomic E-state index is -1.000. The Labute approximate surface area is 139 Å². The van der Waals surface area contributed by atoms with Crippen molar-refractivity contribution in [3.8, 4) is 5.75 Å². The van der Waals surface area contributed by atoms with E-state index in [0.29, 0.717) is 17.8 Å². The van der Waals surface area contributed by atoms with Crippen LogP contribution in [0.3, 0.4) is 0 Å². The minimum Gasteiger partial charge on any atom is -0.508 e. The SMILES string of the molecule is O=C(O)c1ccc2c(c1)NC(CCCc1ccc(O)cc1)C(=O)N2. The zero-order chi connectivity index (χ0) is 17.1. The number of rotatable bonds is 5. The van der Waals surface area contributed by atoms with Gasteiger partial charge in [0.2, 0.25) is 5.91 Å². The summed E-state index contributed by atoms with van der Waals surface area (Å²) in [7, 11) is 0. The van der Waals surface area contributed by atoms with Gasteiger partial charge in [-0.25, -0.2) is 4.79 Å². The molecule has 0 bridgehead atoms. The van der Waals surface area contributed by atoms with Crippen LogP contribution in [0.15, 0.2) is 42.5 Å². The molecule has 1 amide bonds. The summed E-state index contributed by atoms with van der Waals surface area (Å²) in [5, 5.41) is 24.3. The molecule has 3 rings (SSSR count). The number of carbonyl (C=O) groups is 2. The van der Waals surface area contributed by atoms with E-state index in [1.807, 2.05) is 12.1 Å².